The fourth-order valence-corrected chi connectivity index (χ4v) is 4.29. The van der Waals surface area contributed by atoms with E-state index in [0.29, 0.717) is 25.4 Å². The Labute approximate surface area is 167 Å². The number of benzene rings is 1. The van der Waals surface area contributed by atoms with Crippen LogP contribution in [0.4, 0.5) is 4.79 Å². The van der Waals surface area contributed by atoms with Crippen LogP contribution >= 0.6 is 0 Å². The lowest BCUT2D eigenvalue weighted by Crippen LogP contribution is -2.43. The number of urea groups is 1. The molecule has 0 spiro atoms. The molecule has 2 fully saturated rings. The lowest BCUT2D eigenvalue weighted by molar-refractivity contribution is -0.142. The van der Waals surface area contributed by atoms with Crippen LogP contribution in [0.1, 0.15) is 63.0 Å². The molecule has 6 heteroatoms. The van der Waals surface area contributed by atoms with Crippen LogP contribution in [0.25, 0.3) is 0 Å². The van der Waals surface area contributed by atoms with Gasteiger partial charge in [-0.2, -0.15) is 0 Å². The predicted octanol–water partition coefficient (Wildman–Crippen LogP) is 3.50. The van der Waals surface area contributed by atoms with Crippen molar-refractivity contribution in [2.75, 3.05) is 6.54 Å². The summed E-state index contributed by atoms with van der Waals surface area (Å²) in [7, 11) is 0. The average molecular weight is 388 g/mol. The van der Waals surface area contributed by atoms with E-state index >= 15 is 0 Å². The van der Waals surface area contributed by atoms with Crippen molar-refractivity contribution in [3.05, 3.63) is 35.4 Å². The largest absolute Gasteiger partial charge is 0.481 e. The van der Waals surface area contributed by atoms with E-state index in [9.17, 15) is 9.59 Å². The minimum absolute atomic E-state index is 0.0736. The lowest BCUT2D eigenvalue weighted by Gasteiger charge is -2.33. The maximum Gasteiger partial charge on any atom is 0.315 e. The summed E-state index contributed by atoms with van der Waals surface area (Å²) in [5.74, 6) is -0.978. The number of hydrogen-bond donors (Lipinski definition) is 3. The van der Waals surface area contributed by atoms with E-state index in [-0.39, 0.29) is 18.0 Å². The number of carboxylic acids is 1. The number of aliphatic carboxylic acids is 1. The second-order valence-corrected chi connectivity index (χ2v) is 8.35. The Hall–Kier alpha value is -2.08. The first-order valence-corrected chi connectivity index (χ1v) is 10.6. The first-order chi connectivity index (χ1) is 13.5. The highest BCUT2D eigenvalue weighted by Crippen LogP contribution is 2.24. The molecule has 0 radical (unpaired) electrons. The average Bonchev–Trinajstić information content (AvgIpc) is 2.69. The van der Waals surface area contributed by atoms with Gasteiger partial charge in [0.2, 0.25) is 0 Å². The van der Waals surface area contributed by atoms with Gasteiger partial charge in [-0.3, -0.25) is 9.69 Å². The van der Waals surface area contributed by atoms with Crippen molar-refractivity contribution in [3.63, 3.8) is 0 Å². The van der Waals surface area contributed by atoms with Crippen molar-refractivity contribution < 1.29 is 14.7 Å². The molecule has 1 heterocycles. The Bertz CT molecular complexity index is 653. The predicted molar refractivity (Wildman–Crippen MR) is 109 cm³/mol. The van der Waals surface area contributed by atoms with Gasteiger partial charge in [-0.1, -0.05) is 30.7 Å². The first kappa shape index (κ1) is 20.6. The number of carbonyl (C=O) groups excluding carboxylic acids is 1. The maximum atomic E-state index is 12.1. The number of rotatable bonds is 6. The Balaban J connectivity index is 1.38. The van der Waals surface area contributed by atoms with Crippen molar-refractivity contribution in [1.82, 2.24) is 15.5 Å². The van der Waals surface area contributed by atoms with Crippen LogP contribution in [-0.2, 0) is 17.9 Å². The molecule has 2 aliphatic rings. The smallest absolute Gasteiger partial charge is 0.315 e. The van der Waals surface area contributed by atoms with Crippen LogP contribution in [0, 0.1) is 5.92 Å². The van der Waals surface area contributed by atoms with E-state index < -0.39 is 5.97 Å². The van der Waals surface area contributed by atoms with Crippen LogP contribution in [0.3, 0.4) is 0 Å². The summed E-state index contributed by atoms with van der Waals surface area (Å²) >= 11 is 0. The first-order valence-electron chi connectivity index (χ1n) is 10.6. The number of amides is 2. The number of nitrogens with one attached hydrogen (secondary N) is 2. The van der Waals surface area contributed by atoms with Gasteiger partial charge in [0.15, 0.2) is 0 Å². The van der Waals surface area contributed by atoms with Crippen LogP contribution in [0.15, 0.2) is 24.3 Å². The van der Waals surface area contributed by atoms with Gasteiger partial charge in [-0.25, -0.2) is 4.79 Å². The summed E-state index contributed by atoms with van der Waals surface area (Å²) in [4.78, 5) is 25.7. The molecule has 3 rings (SSSR count). The highest BCUT2D eigenvalue weighted by atomic mass is 16.4. The third kappa shape index (κ3) is 5.96. The van der Waals surface area contributed by atoms with Crippen molar-refractivity contribution in [2.24, 2.45) is 5.92 Å². The third-order valence-electron chi connectivity index (χ3n) is 6.21. The monoisotopic (exact) mass is 387 g/mol. The molecule has 1 saturated carbocycles. The molecule has 1 aromatic rings. The molecule has 6 nitrogen and oxygen atoms in total. The Morgan fingerprint density at radius 2 is 1.71 bits per heavy atom. The molecule has 3 N–H and O–H groups in total. The minimum Gasteiger partial charge on any atom is -0.481 e. The molecule has 1 saturated heterocycles. The minimum atomic E-state index is -0.721. The van der Waals surface area contributed by atoms with Gasteiger partial charge < -0.3 is 15.7 Å². The van der Waals surface area contributed by atoms with Crippen molar-refractivity contribution >= 4 is 12.0 Å². The Morgan fingerprint density at radius 3 is 2.36 bits per heavy atom. The normalized spacial score (nSPS) is 25.8. The SMILES string of the molecule is CC1CCCCN1Cc1ccc(CNC(=O)NC2CCC(C(=O)O)CC2)cc1. The molecule has 154 valence electrons. The molecule has 0 bridgehead atoms. The zero-order valence-electron chi connectivity index (χ0n) is 16.8. The van der Waals surface area contributed by atoms with Gasteiger partial charge in [0, 0.05) is 25.2 Å². The van der Waals surface area contributed by atoms with Crippen LogP contribution in [0.2, 0.25) is 0 Å². The van der Waals surface area contributed by atoms with Crippen LogP contribution < -0.4 is 10.6 Å². The van der Waals surface area contributed by atoms with E-state index in [1.807, 2.05) is 0 Å². The number of piperidine rings is 1. The van der Waals surface area contributed by atoms with Crippen molar-refractivity contribution in [3.8, 4) is 0 Å². The van der Waals surface area contributed by atoms with Gasteiger partial charge in [-0.05, 0) is 63.1 Å². The number of likely N-dealkylation sites (tertiary alicyclic amines) is 1. The van der Waals surface area contributed by atoms with E-state index in [0.717, 1.165) is 24.9 Å². The molecule has 0 aromatic heterocycles. The summed E-state index contributed by atoms with van der Waals surface area (Å²) in [6.07, 6.45) is 6.65. The molecule has 2 amide bonds. The van der Waals surface area contributed by atoms with Gasteiger partial charge in [0.25, 0.3) is 0 Å². The lowest BCUT2D eigenvalue weighted by atomic mass is 9.86. The standard InChI is InChI=1S/C22H33N3O3/c1-16-4-2-3-13-25(16)15-18-7-5-17(6-8-18)14-23-22(28)24-20-11-9-19(10-12-20)21(26)27/h5-8,16,19-20H,2-4,9-15H2,1H3,(H,26,27)(H2,23,24,28). The summed E-state index contributed by atoms with van der Waals surface area (Å²) in [5, 5.41) is 14.9. The molecule has 1 aromatic carbocycles. The van der Waals surface area contributed by atoms with Gasteiger partial charge in [0.05, 0.1) is 5.92 Å². The van der Waals surface area contributed by atoms with Gasteiger partial charge >= 0.3 is 12.0 Å². The Morgan fingerprint density at radius 1 is 1.04 bits per heavy atom. The quantitative estimate of drug-likeness (QED) is 0.698. The van der Waals surface area contributed by atoms with Gasteiger partial charge in [0.1, 0.15) is 0 Å². The van der Waals surface area contributed by atoms with Crippen molar-refractivity contribution in [1.29, 1.82) is 0 Å². The fraction of sp³-hybridized carbons (Fsp3) is 0.636. The maximum absolute atomic E-state index is 12.1. The van der Waals surface area contributed by atoms with Crippen LogP contribution in [0.5, 0.6) is 0 Å². The number of carboxylic acid groups (broad SMARTS) is 1. The summed E-state index contributed by atoms with van der Waals surface area (Å²) < 4.78 is 0. The second kappa shape index (κ2) is 9.92. The second-order valence-electron chi connectivity index (χ2n) is 8.35. The fourth-order valence-electron chi connectivity index (χ4n) is 4.29. The molecule has 1 atom stereocenters. The number of nitrogens with zero attached hydrogens (tertiary/aromatic N) is 1. The number of hydrogen-bond acceptors (Lipinski definition) is 3. The zero-order chi connectivity index (χ0) is 19.9. The molecule has 28 heavy (non-hydrogen) atoms. The zero-order valence-corrected chi connectivity index (χ0v) is 16.8. The topological polar surface area (TPSA) is 81.7 Å². The summed E-state index contributed by atoms with van der Waals surface area (Å²) in [6, 6.07) is 9.04. The number of carbonyl (C=O) groups is 2. The molecule has 1 aliphatic heterocycles. The van der Waals surface area contributed by atoms with Gasteiger partial charge in [-0.15, -0.1) is 0 Å². The van der Waals surface area contributed by atoms with E-state index in [1.165, 1.54) is 31.4 Å². The highest BCUT2D eigenvalue weighted by molar-refractivity contribution is 5.74. The molecular formula is C22H33N3O3. The van der Waals surface area contributed by atoms with E-state index in [4.69, 9.17) is 5.11 Å². The molecular weight excluding hydrogens is 354 g/mol. The van der Waals surface area contributed by atoms with E-state index in [2.05, 4.69) is 46.7 Å². The molecule has 1 unspecified atom stereocenters. The van der Waals surface area contributed by atoms with E-state index in [1.54, 1.807) is 0 Å². The van der Waals surface area contributed by atoms with Crippen molar-refractivity contribution in [2.45, 2.75) is 77.0 Å². The van der Waals surface area contributed by atoms with Crippen LogP contribution in [-0.4, -0.2) is 40.6 Å². The Kier molecular flexibility index (Phi) is 7.31. The molecule has 1 aliphatic carbocycles. The summed E-state index contributed by atoms with van der Waals surface area (Å²) in [6.45, 7) is 4.98. The summed E-state index contributed by atoms with van der Waals surface area (Å²) in [5.41, 5.74) is 2.40. The third-order valence-corrected chi connectivity index (χ3v) is 6.21. The highest BCUT2D eigenvalue weighted by Gasteiger charge is 2.26.